The molecule has 0 bridgehead atoms. The number of aliphatic hydroxyl groups is 1. The van der Waals surface area contributed by atoms with Crippen LogP contribution in [0.2, 0.25) is 0 Å². The number of fused-ring (bicyclic) bond motifs is 1. The molecule has 0 aliphatic rings. The van der Waals surface area contributed by atoms with Crippen LogP contribution in [0.5, 0.6) is 5.75 Å². The molecule has 0 amide bonds. The van der Waals surface area contributed by atoms with Gasteiger partial charge >= 0.3 is 0 Å². The van der Waals surface area contributed by atoms with Gasteiger partial charge in [0.05, 0.1) is 11.9 Å². The van der Waals surface area contributed by atoms with E-state index in [2.05, 4.69) is 25.6 Å². The second kappa shape index (κ2) is 7.40. The molecule has 0 spiro atoms. The summed E-state index contributed by atoms with van der Waals surface area (Å²) < 4.78 is 1.93. The maximum Gasteiger partial charge on any atom is 0.226 e. The predicted octanol–water partition coefficient (Wildman–Crippen LogP) is 2.66. The third-order valence-corrected chi connectivity index (χ3v) is 4.16. The van der Waals surface area contributed by atoms with Crippen LogP contribution in [0.3, 0.4) is 0 Å². The van der Waals surface area contributed by atoms with Crippen molar-refractivity contribution in [2.24, 2.45) is 0 Å². The van der Waals surface area contributed by atoms with Crippen molar-refractivity contribution in [2.75, 3.05) is 17.2 Å². The van der Waals surface area contributed by atoms with Crippen LogP contribution in [0.15, 0.2) is 24.5 Å². The normalized spacial score (nSPS) is 11.7. The topological polar surface area (TPSA) is 108 Å². The fourth-order valence-electron chi connectivity index (χ4n) is 2.71. The molecule has 3 aromatic rings. The van der Waals surface area contributed by atoms with E-state index in [9.17, 15) is 10.2 Å². The summed E-state index contributed by atoms with van der Waals surface area (Å²) >= 11 is 0. The summed E-state index contributed by atoms with van der Waals surface area (Å²) in [5.41, 5.74) is 2.34. The second-order valence-corrected chi connectivity index (χ2v) is 7.25. The van der Waals surface area contributed by atoms with E-state index in [-0.39, 0.29) is 5.75 Å². The highest BCUT2D eigenvalue weighted by Crippen LogP contribution is 2.24. The molecule has 0 unspecified atom stereocenters. The van der Waals surface area contributed by atoms with Gasteiger partial charge in [0.2, 0.25) is 5.95 Å². The van der Waals surface area contributed by atoms with Gasteiger partial charge in [0.25, 0.3) is 0 Å². The lowest BCUT2D eigenvalue weighted by Gasteiger charge is -2.18. The van der Waals surface area contributed by atoms with Crippen LogP contribution in [0, 0.1) is 6.92 Å². The average Bonchev–Trinajstić information content (AvgIpc) is 3.03. The first kappa shape index (κ1) is 18.9. The number of benzene rings is 1. The molecule has 0 radical (unpaired) electrons. The van der Waals surface area contributed by atoms with Crippen molar-refractivity contribution >= 4 is 22.9 Å². The molecule has 4 N–H and O–H groups in total. The minimum Gasteiger partial charge on any atom is -0.508 e. The Labute approximate surface area is 158 Å². The molecule has 8 heteroatoms. The zero-order valence-electron chi connectivity index (χ0n) is 16.1. The molecule has 3 rings (SSSR count). The molecular formula is C19H26N6O2. The number of hydrogen-bond acceptors (Lipinski definition) is 7. The zero-order valence-corrected chi connectivity index (χ0v) is 16.1. The fraction of sp³-hybridized carbons (Fsp3) is 0.421. The largest absolute Gasteiger partial charge is 0.508 e. The number of phenolic OH excluding ortho intramolecular Hbond substituents is 1. The smallest absolute Gasteiger partial charge is 0.226 e. The number of imidazole rings is 1. The lowest BCUT2D eigenvalue weighted by Crippen LogP contribution is -2.30. The Morgan fingerprint density at radius 3 is 2.67 bits per heavy atom. The van der Waals surface area contributed by atoms with Crippen LogP contribution in [0.25, 0.3) is 11.2 Å². The van der Waals surface area contributed by atoms with Crippen molar-refractivity contribution < 1.29 is 10.2 Å². The molecule has 0 aliphatic heterocycles. The van der Waals surface area contributed by atoms with Gasteiger partial charge in [-0.1, -0.05) is 17.7 Å². The Morgan fingerprint density at radius 2 is 1.96 bits per heavy atom. The minimum absolute atomic E-state index is 0.234. The van der Waals surface area contributed by atoms with Gasteiger partial charge in [-0.15, -0.1) is 0 Å². The van der Waals surface area contributed by atoms with Gasteiger partial charge in [-0.25, -0.2) is 4.98 Å². The number of rotatable bonds is 7. The maximum atomic E-state index is 10.1. The van der Waals surface area contributed by atoms with Crippen LogP contribution in [-0.2, 0) is 13.1 Å². The summed E-state index contributed by atoms with van der Waals surface area (Å²) in [7, 11) is 0. The van der Waals surface area contributed by atoms with E-state index in [0.717, 1.165) is 17.7 Å². The molecule has 1 aromatic carbocycles. The number of nitrogens with one attached hydrogen (secondary N) is 2. The Morgan fingerprint density at radius 1 is 1.19 bits per heavy atom. The molecule has 2 aromatic heterocycles. The van der Waals surface area contributed by atoms with Crippen molar-refractivity contribution in [1.29, 1.82) is 0 Å². The van der Waals surface area contributed by atoms with Crippen LogP contribution in [0.1, 0.15) is 31.9 Å². The average molecular weight is 370 g/mol. The zero-order chi connectivity index (χ0) is 19.6. The summed E-state index contributed by atoms with van der Waals surface area (Å²) in [5.74, 6) is 1.22. The molecule has 0 fully saturated rings. The van der Waals surface area contributed by atoms with Crippen LogP contribution >= 0.6 is 0 Å². The maximum absolute atomic E-state index is 10.1. The molecule has 27 heavy (non-hydrogen) atoms. The Hall–Kier alpha value is -2.87. The summed E-state index contributed by atoms with van der Waals surface area (Å²) in [6, 6.07) is 5.48. The standard InChI is InChI=1S/C19H26N6O2/c1-5-25-11-22-15-16(20-9-13-8-12(2)6-7-14(13)26)23-18(24-17(15)25)21-10-19(3,4)27/h6-8,11,26-27H,5,9-10H2,1-4H3,(H2,20,21,23,24). The highest BCUT2D eigenvalue weighted by Gasteiger charge is 2.16. The lowest BCUT2D eigenvalue weighted by atomic mass is 10.1. The van der Waals surface area contributed by atoms with Crippen molar-refractivity contribution in [1.82, 2.24) is 19.5 Å². The van der Waals surface area contributed by atoms with E-state index in [1.165, 1.54) is 0 Å². The van der Waals surface area contributed by atoms with E-state index in [4.69, 9.17) is 0 Å². The van der Waals surface area contributed by atoms with Crippen LogP contribution < -0.4 is 10.6 Å². The van der Waals surface area contributed by atoms with E-state index < -0.39 is 5.60 Å². The van der Waals surface area contributed by atoms with Gasteiger partial charge < -0.3 is 25.4 Å². The van der Waals surface area contributed by atoms with E-state index in [0.29, 0.717) is 36.0 Å². The van der Waals surface area contributed by atoms with E-state index in [1.54, 1.807) is 26.2 Å². The number of phenols is 1. The fourth-order valence-corrected chi connectivity index (χ4v) is 2.71. The number of aromatic hydroxyl groups is 1. The molecule has 0 saturated carbocycles. The lowest BCUT2D eigenvalue weighted by molar-refractivity contribution is 0.0943. The number of nitrogens with zero attached hydrogens (tertiary/aromatic N) is 4. The Balaban J connectivity index is 1.92. The Kier molecular flexibility index (Phi) is 5.18. The third-order valence-electron chi connectivity index (χ3n) is 4.16. The number of anilines is 2. The summed E-state index contributed by atoms with van der Waals surface area (Å²) in [5, 5.41) is 26.3. The highest BCUT2D eigenvalue weighted by atomic mass is 16.3. The van der Waals surface area contributed by atoms with Crippen LogP contribution in [-0.4, -0.2) is 41.9 Å². The van der Waals surface area contributed by atoms with Crippen molar-refractivity contribution in [2.45, 2.75) is 46.4 Å². The first-order valence-electron chi connectivity index (χ1n) is 8.98. The highest BCUT2D eigenvalue weighted by molar-refractivity contribution is 5.84. The van der Waals surface area contributed by atoms with E-state index >= 15 is 0 Å². The molecule has 0 atom stereocenters. The van der Waals surface area contributed by atoms with Gasteiger partial charge in [-0.05, 0) is 33.8 Å². The van der Waals surface area contributed by atoms with Crippen molar-refractivity contribution in [3.05, 3.63) is 35.7 Å². The van der Waals surface area contributed by atoms with Gasteiger partial charge in [-0.3, -0.25) is 0 Å². The predicted molar refractivity (Wildman–Crippen MR) is 106 cm³/mol. The number of aromatic nitrogens is 4. The number of hydrogen-bond donors (Lipinski definition) is 4. The summed E-state index contributed by atoms with van der Waals surface area (Å²) in [4.78, 5) is 13.5. The first-order valence-corrected chi connectivity index (χ1v) is 8.98. The van der Waals surface area contributed by atoms with Crippen LogP contribution in [0.4, 0.5) is 11.8 Å². The summed E-state index contributed by atoms with van der Waals surface area (Å²) in [6.45, 7) is 8.89. The molecular weight excluding hydrogens is 344 g/mol. The Bertz CT molecular complexity index is 945. The third kappa shape index (κ3) is 4.46. The molecule has 0 saturated heterocycles. The monoisotopic (exact) mass is 370 g/mol. The molecule has 144 valence electrons. The first-order chi connectivity index (χ1) is 12.8. The molecule has 8 nitrogen and oxygen atoms in total. The SMILES string of the molecule is CCn1cnc2c(NCc3cc(C)ccc3O)nc(NCC(C)(C)O)nc21. The van der Waals surface area contributed by atoms with Crippen molar-refractivity contribution in [3.63, 3.8) is 0 Å². The van der Waals surface area contributed by atoms with Gasteiger partial charge in [0, 0.05) is 25.2 Å². The van der Waals surface area contributed by atoms with E-state index in [1.807, 2.05) is 30.5 Å². The minimum atomic E-state index is -0.885. The van der Waals surface area contributed by atoms with Gasteiger partial charge in [-0.2, -0.15) is 9.97 Å². The quantitative estimate of drug-likeness (QED) is 0.506. The number of aryl methyl sites for hydroxylation is 2. The summed E-state index contributed by atoms with van der Waals surface area (Å²) in [6.07, 6.45) is 1.73. The second-order valence-electron chi connectivity index (χ2n) is 7.25. The van der Waals surface area contributed by atoms with Gasteiger partial charge in [0.15, 0.2) is 17.0 Å². The molecule has 2 heterocycles. The van der Waals surface area contributed by atoms with Gasteiger partial charge in [0.1, 0.15) is 5.75 Å². The van der Waals surface area contributed by atoms with Crippen molar-refractivity contribution in [3.8, 4) is 5.75 Å². The molecule has 0 aliphatic carbocycles.